The molecular weight excluding hydrogens is 332 g/mol. The van der Waals surface area contributed by atoms with E-state index in [9.17, 15) is 9.59 Å². The third-order valence-electron chi connectivity index (χ3n) is 3.23. The van der Waals surface area contributed by atoms with Crippen LogP contribution in [-0.4, -0.2) is 34.0 Å². The molecule has 0 spiro atoms. The summed E-state index contributed by atoms with van der Waals surface area (Å²) in [5, 5.41) is 5.92. The van der Waals surface area contributed by atoms with Gasteiger partial charge >= 0.3 is 5.97 Å². The number of ether oxygens (including phenoxy) is 1. The smallest absolute Gasteiger partial charge is 0.338 e. The summed E-state index contributed by atoms with van der Waals surface area (Å²) >= 11 is 0. The molecule has 26 heavy (non-hydrogen) atoms. The van der Waals surface area contributed by atoms with Crippen LogP contribution in [0.15, 0.2) is 30.3 Å². The number of nitrogens with one attached hydrogen (secondary N) is 2. The van der Waals surface area contributed by atoms with Crippen molar-refractivity contribution in [3.8, 4) is 0 Å². The van der Waals surface area contributed by atoms with Crippen molar-refractivity contribution in [1.29, 1.82) is 0 Å². The van der Waals surface area contributed by atoms with Gasteiger partial charge in [-0.15, -0.1) is 0 Å². The minimum absolute atomic E-state index is 0.260. The van der Waals surface area contributed by atoms with Crippen molar-refractivity contribution in [1.82, 2.24) is 15.3 Å². The Morgan fingerprint density at radius 1 is 1.12 bits per heavy atom. The summed E-state index contributed by atoms with van der Waals surface area (Å²) in [6.45, 7) is 9.60. The van der Waals surface area contributed by atoms with Crippen LogP contribution in [0.4, 0.5) is 11.6 Å². The van der Waals surface area contributed by atoms with Gasteiger partial charge in [-0.2, -0.15) is 0 Å². The van der Waals surface area contributed by atoms with Crippen LogP contribution in [-0.2, 0) is 4.74 Å². The van der Waals surface area contributed by atoms with E-state index in [1.54, 1.807) is 44.2 Å². The second-order valence-electron chi connectivity index (χ2n) is 6.85. The summed E-state index contributed by atoms with van der Waals surface area (Å²) in [7, 11) is 0. The minimum atomic E-state index is -0.369. The number of rotatable bonds is 5. The van der Waals surface area contributed by atoms with E-state index in [1.165, 1.54) is 0 Å². The Morgan fingerprint density at radius 2 is 1.77 bits per heavy atom. The Bertz CT molecular complexity index is 795. The second-order valence-corrected chi connectivity index (χ2v) is 6.85. The standard InChI is InChI=1S/C19H24N4O3/c1-6-26-17(25)13-7-9-14(10-8-13)21-18-20-12(2)11-15(22-18)16(24)23-19(3,4)5/h7-11H,6H2,1-5H3,(H,23,24)(H,20,21,22). The molecule has 1 amide bonds. The topological polar surface area (TPSA) is 93.2 Å². The molecule has 1 aromatic carbocycles. The molecule has 1 aromatic heterocycles. The SMILES string of the molecule is CCOC(=O)c1ccc(Nc2nc(C)cc(C(=O)NC(C)(C)C)n2)cc1. The van der Waals surface area contributed by atoms with Crippen molar-refractivity contribution in [2.75, 3.05) is 11.9 Å². The number of amides is 1. The highest BCUT2D eigenvalue weighted by atomic mass is 16.5. The molecule has 0 atom stereocenters. The Morgan fingerprint density at radius 3 is 2.35 bits per heavy atom. The third-order valence-corrected chi connectivity index (χ3v) is 3.23. The quantitative estimate of drug-likeness (QED) is 0.799. The van der Waals surface area contributed by atoms with Crippen molar-refractivity contribution in [3.05, 3.63) is 47.3 Å². The molecule has 1 heterocycles. The first kappa shape index (κ1) is 19.4. The van der Waals surface area contributed by atoms with E-state index >= 15 is 0 Å². The molecule has 2 aromatic rings. The highest BCUT2D eigenvalue weighted by Crippen LogP contribution is 2.16. The predicted octanol–water partition coefficient (Wildman–Crippen LogP) is 3.23. The lowest BCUT2D eigenvalue weighted by molar-refractivity contribution is 0.0526. The zero-order valence-electron chi connectivity index (χ0n) is 15.7. The lowest BCUT2D eigenvalue weighted by Crippen LogP contribution is -2.41. The molecule has 2 N–H and O–H groups in total. The van der Waals surface area contributed by atoms with E-state index in [0.717, 1.165) is 0 Å². The van der Waals surface area contributed by atoms with E-state index in [2.05, 4.69) is 20.6 Å². The van der Waals surface area contributed by atoms with Gasteiger partial charge in [0.25, 0.3) is 5.91 Å². The maximum absolute atomic E-state index is 12.3. The van der Waals surface area contributed by atoms with Gasteiger partial charge in [-0.3, -0.25) is 4.79 Å². The second kappa shape index (κ2) is 7.95. The molecule has 0 aliphatic carbocycles. The molecule has 138 valence electrons. The number of hydrogen-bond acceptors (Lipinski definition) is 6. The maximum atomic E-state index is 12.3. The molecule has 0 fully saturated rings. The highest BCUT2D eigenvalue weighted by molar-refractivity contribution is 5.93. The van der Waals surface area contributed by atoms with Gasteiger partial charge < -0.3 is 15.4 Å². The molecule has 2 rings (SSSR count). The molecule has 0 bridgehead atoms. The summed E-state index contributed by atoms with van der Waals surface area (Å²) in [4.78, 5) is 32.6. The average Bonchev–Trinajstić information content (AvgIpc) is 2.53. The molecule has 0 saturated carbocycles. The highest BCUT2D eigenvalue weighted by Gasteiger charge is 2.17. The Hall–Kier alpha value is -2.96. The average molecular weight is 356 g/mol. The van der Waals surface area contributed by atoms with Crippen molar-refractivity contribution in [3.63, 3.8) is 0 Å². The lowest BCUT2D eigenvalue weighted by atomic mass is 10.1. The third kappa shape index (κ3) is 5.54. The summed E-state index contributed by atoms with van der Waals surface area (Å²) in [6, 6.07) is 8.41. The summed E-state index contributed by atoms with van der Waals surface area (Å²) in [6.07, 6.45) is 0. The van der Waals surface area contributed by atoms with Gasteiger partial charge in [0.15, 0.2) is 0 Å². The predicted molar refractivity (Wildman–Crippen MR) is 99.7 cm³/mol. The first-order valence-electron chi connectivity index (χ1n) is 8.40. The number of hydrogen-bond donors (Lipinski definition) is 2. The van der Waals surface area contributed by atoms with E-state index in [-0.39, 0.29) is 23.1 Å². The van der Waals surface area contributed by atoms with Crippen molar-refractivity contribution in [2.45, 2.75) is 40.2 Å². The molecular formula is C19H24N4O3. The van der Waals surface area contributed by atoms with E-state index < -0.39 is 0 Å². The fourth-order valence-electron chi connectivity index (χ4n) is 2.18. The monoisotopic (exact) mass is 356 g/mol. The molecule has 0 aliphatic heterocycles. The van der Waals surface area contributed by atoms with Crippen LogP contribution in [0.5, 0.6) is 0 Å². The maximum Gasteiger partial charge on any atom is 0.338 e. The lowest BCUT2D eigenvalue weighted by Gasteiger charge is -2.20. The number of benzene rings is 1. The van der Waals surface area contributed by atoms with Crippen LogP contribution in [0.25, 0.3) is 0 Å². The van der Waals surface area contributed by atoms with Crippen LogP contribution >= 0.6 is 0 Å². The van der Waals surface area contributed by atoms with Crippen LogP contribution in [0.2, 0.25) is 0 Å². The first-order chi connectivity index (χ1) is 12.2. The Balaban J connectivity index is 2.17. The van der Waals surface area contributed by atoms with Gasteiger partial charge in [0.1, 0.15) is 5.69 Å². The van der Waals surface area contributed by atoms with Crippen LogP contribution in [0.3, 0.4) is 0 Å². The van der Waals surface area contributed by atoms with Crippen molar-refractivity contribution in [2.24, 2.45) is 0 Å². The minimum Gasteiger partial charge on any atom is -0.462 e. The van der Waals surface area contributed by atoms with Gasteiger partial charge in [0, 0.05) is 16.9 Å². The summed E-state index contributed by atoms with van der Waals surface area (Å²) in [5.41, 5.74) is 1.77. The summed E-state index contributed by atoms with van der Waals surface area (Å²) < 4.78 is 4.96. The fraction of sp³-hybridized carbons (Fsp3) is 0.368. The number of carbonyl (C=O) groups excluding carboxylic acids is 2. The van der Waals surface area contributed by atoms with Crippen LogP contribution in [0.1, 0.15) is 54.2 Å². The van der Waals surface area contributed by atoms with Crippen molar-refractivity contribution < 1.29 is 14.3 Å². The number of carbonyl (C=O) groups is 2. The van der Waals surface area contributed by atoms with Gasteiger partial charge in [-0.1, -0.05) is 0 Å². The number of esters is 1. The fourth-order valence-corrected chi connectivity index (χ4v) is 2.18. The Kier molecular flexibility index (Phi) is 5.92. The number of aryl methyl sites for hydroxylation is 1. The number of anilines is 2. The van der Waals surface area contributed by atoms with Crippen LogP contribution in [0, 0.1) is 6.92 Å². The largest absolute Gasteiger partial charge is 0.462 e. The zero-order valence-corrected chi connectivity index (χ0v) is 15.7. The Labute approximate surface area is 153 Å². The number of nitrogens with zero attached hydrogens (tertiary/aromatic N) is 2. The molecule has 7 nitrogen and oxygen atoms in total. The molecule has 0 radical (unpaired) electrons. The number of aromatic nitrogens is 2. The van der Waals surface area contributed by atoms with E-state index in [1.807, 2.05) is 20.8 Å². The first-order valence-corrected chi connectivity index (χ1v) is 8.40. The van der Waals surface area contributed by atoms with E-state index in [4.69, 9.17) is 4.74 Å². The van der Waals surface area contributed by atoms with Crippen molar-refractivity contribution >= 4 is 23.5 Å². The van der Waals surface area contributed by atoms with Crippen LogP contribution < -0.4 is 10.6 Å². The van der Waals surface area contributed by atoms with Gasteiger partial charge in [-0.05, 0) is 65.0 Å². The summed E-state index contributed by atoms with van der Waals surface area (Å²) in [5.74, 6) is -0.316. The molecule has 0 saturated heterocycles. The van der Waals surface area contributed by atoms with Gasteiger partial charge in [0.05, 0.1) is 12.2 Å². The molecule has 0 unspecified atom stereocenters. The normalized spacial score (nSPS) is 11.0. The molecule has 0 aliphatic rings. The van der Waals surface area contributed by atoms with E-state index in [0.29, 0.717) is 29.5 Å². The van der Waals surface area contributed by atoms with Gasteiger partial charge in [-0.25, -0.2) is 14.8 Å². The van der Waals surface area contributed by atoms with Gasteiger partial charge in [0.2, 0.25) is 5.95 Å². The molecule has 7 heteroatoms. The zero-order chi connectivity index (χ0) is 19.3.